The molecule has 0 spiro atoms. The molecule has 0 aliphatic heterocycles. The molecule has 0 heterocycles. The molecule has 6 heteroatoms. The van der Waals surface area contributed by atoms with Crippen molar-refractivity contribution >= 4 is 11.6 Å². The lowest BCUT2D eigenvalue weighted by Gasteiger charge is -2.16. The molecule has 1 amide bonds. The first-order chi connectivity index (χ1) is 8.56. The van der Waals surface area contributed by atoms with E-state index in [1.165, 1.54) is 20.1 Å². The lowest BCUT2D eigenvalue weighted by molar-refractivity contribution is -0.121. The Morgan fingerprint density at radius 3 is 2.56 bits per heavy atom. The van der Waals surface area contributed by atoms with Crippen LogP contribution in [0.15, 0.2) is 18.2 Å². The molecule has 18 heavy (non-hydrogen) atoms. The van der Waals surface area contributed by atoms with Crippen LogP contribution >= 0.6 is 0 Å². The number of benzene rings is 1. The van der Waals surface area contributed by atoms with Crippen molar-refractivity contribution in [3.8, 4) is 0 Å². The summed E-state index contributed by atoms with van der Waals surface area (Å²) in [6, 6.07) is 2.77. The largest absolute Gasteiger partial charge is 0.383 e. The third-order valence-electron chi connectivity index (χ3n) is 2.32. The van der Waals surface area contributed by atoms with Crippen LogP contribution in [0.5, 0.6) is 0 Å². The van der Waals surface area contributed by atoms with Gasteiger partial charge in [-0.2, -0.15) is 0 Å². The Hall–Kier alpha value is -1.69. The van der Waals surface area contributed by atoms with Crippen LogP contribution in [0.4, 0.5) is 14.5 Å². The van der Waals surface area contributed by atoms with E-state index in [2.05, 4.69) is 10.6 Å². The summed E-state index contributed by atoms with van der Waals surface area (Å²) in [5, 5.41) is 5.07. The van der Waals surface area contributed by atoms with Gasteiger partial charge in [-0.3, -0.25) is 4.79 Å². The molecule has 0 bridgehead atoms. The number of hydrogen-bond acceptors (Lipinski definition) is 3. The second-order valence-electron chi connectivity index (χ2n) is 3.75. The van der Waals surface area contributed by atoms with Crippen molar-refractivity contribution in [3.63, 3.8) is 0 Å². The summed E-state index contributed by atoms with van der Waals surface area (Å²) in [6.07, 6.45) is 0. The van der Waals surface area contributed by atoms with Gasteiger partial charge in [-0.1, -0.05) is 6.07 Å². The van der Waals surface area contributed by atoms with Crippen LogP contribution in [0, 0.1) is 11.6 Å². The Kier molecular flexibility index (Phi) is 5.51. The maximum Gasteiger partial charge on any atom is 0.242 e. The van der Waals surface area contributed by atoms with Crippen molar-refractivity contribution in [3.05, 3.63) is 29.8 Å². The molecule has 1 aromatic rings. The monoisotopic (exact) mass is 258 g/mol. The van der Waals surface area contributed by atoms with Crippen LogP contribution in [0.25, 0.3) is 0 Å². The molecular weight excluding hydrogens is 242 g/mol. The van der Waals surface area contributed by atoms with Gasteiger partial charge in [-0.15, -0.1) is 0 Å². The van der Waals surface area contributed by atoms with E-state index < -0.39 is 17.7 Å². The van der Waals surface area contributed by atoms with Gasteiger partial charge < -0.3 is 15.4 Å². The second-order valence-corrected chi connectivity index (χ2v) is 3.75. The van der Waals surface area contributed by atoms with E-state index in [1.54, 1.807) is 0 Å². The molecule has 0 aliphatic carbocycles. The minimum absolute atomic E-state index is 0.299. The van der Waals surface area contributed by atoms with Gasteiger partial charge >= 0.3 is 0 Å². The summed E-state index contributed by atoms with van der Waals surface area (Å²) in [4.78, 5) is 11.6. The van der Waals surface area contributed by atoms with Gasteiger partial charge in [0.05, 0.1) is 6.61 Å². The number of nitrogens with one attached hydrogen (secondary N) is 2. The summed E-state index contributed by atoms with van der Waals surface area (Å²) < 4.78 is 31.4. The van der Waals surface area contributed by atoms with Crippen LogP contribution in [-0.4, -0.2) is 32.2 Å². The molecule has 100 valence electrons. The minimum atomic E-state index is -0.742. The normalized spacial score (nSPS) is 12.0. The number of para-hydroxylation sites is 1. The molecular formula is C12H16F2N2O2. The highest BCUT2D eigenvalue weighted by molar-refractivity contribution is 5.84. The molecule has 4 nitrogen and oxygen atoms in total. The molecule has 0 saturated heterocycles. The van der Waals surface area contributed by atoms with Crippen molar-refractivity contribution in [1.82, 2.24) is 5.32 Å². The molecule has 0 saturated carbocycles. The van der Waals surface area contributed by atoms with E-state index in [4.69, 9.17) is 4.74 Å². The van der Waals surface area contributed by atoms with Crippen molar-refractivity contribution in [1.29, 1.82) is 0 Å². The lowest BCUT2D eigenvalue weighted by atomic mass is 10.2. The van der Waals surface area contributed by atoms with Gasteiger partial charge in [0.1, 0.15) is 23.4 Å². The molecule has 1 unspecified atom stereocenters. The molecule has 1 rings (SSSR count). The molecule has 1 aromatic carbocycles. The van der Waals surface area contributed by atoms with Crippen LogP contribution in [-0.2, 0) is 9.53 Å². The summed E-state index contributed by atoms with van der Waals surface area (Å²) in [5.74, 6) is -1.81. The predicted molar refractivity (Wildman–Crippen MR) is 64.3 cm³/mol. The van der Waals surface area contributed by atoms with Crippen molar-refractivity contribution in [2.24, 2.45) is 0 Å². The summed E-state index contributed by atoms with van der Waals surface area (Å²) in [7, 11) is 1.52. The number of rotatable bonds is 6. The fourth-order valence-electron chi connectivity index (χ4n) is 1.35. The van der Waals surface area contributed by atoms with E-state index in [-0.39, 0.29) is 11.6 Å². The summed E-state index contributed by atoms with van der Waals surface area (Å²) in [6.45, 7) is 2.25. The zero-order chi connectivity index (χ0) is 13.5. The Bertz CT molecular complexity index is 393. The first kappa shape index (κ1) is 14.4. The van der Waals surface area contributed by atoms with E-state index in [1.807, 2.05) is 0 Å². The number of halogens is 2. The molecule has 1 atom stereocenters. The van der Waals surface area contributed by atoms with Crippen LogP contribution in [0.3, 0.4) is 0 Å². The average Bonchev–Trinajstić information content (AvgIpc) is 2.34. The molecule has 0 aliphatic rings. The van der Waals surface area contributed by atoms with Gasteiger partial charge in [0.15, 0.2) is 0 Å². The number of anilines is 1. The van der Waals surface area contributed by atoms with E-state index in [0.717, 1.165) is 12.1 Å². The van der Waals surface area contributed by atoms with Gasteiger partial charge in [0, 0.05) is 13.7 Å². The number of amides is 1. The maximum atomic E-state index is 13.3. The standard InChI is InChI=1S/C12H16F2N2O2/c1-8(12(17)15-6-7-18-2)16-11-9(13)4-3-5-10(11)14/h3-5,8,16H,6-7H2,1-2H3,(H,15,17). The van der Waals surface area contributed by atoms with Gasteiger partial charge in [-0.05, 0) is 19.1 Å². The summed E-state index contributed by atoms with van der Waals surface area (Å²) in [5.41, 5.74) is -0.299. The Morgan fingerprint density at radius 2 is 2.00 bits per heavy atom. The van der Waals surface area contributed by atoms with Crippen LogP contribution in [0.1, 0.15) is 6.92 Å². The number of carbonyl (C=O) groups is 1. The van der Waals surface area contributed by atoms with E-state index in [0.29, 0.717) is 13.2 Å². The van der Waals surface area contributed by atoms with Gasteiger partial charge in [0.25, 0.3) is 0 Å². The number of hydrogen-bond donors (Lipinski definition) is 2. The Labute approximate surface area is 104 Å². The maximum absolute atomic E-state index is 13.3. The van der Waals surface area contributed by atoms with Crippen LogP contribution in [0.2, 0.25) is 0 Å². The average molecular weight is 258 g/mol. The highest BCUT2D eigenvalue weighted by Crippen LogP contribution is 2.18. The smallest absolute Gasteiger partial charge is 0.242 e. The first-order valence-corrected chi connectivity index (χ1v) is 5.53. The third-order valence-corrected chi connectivity index (χ3v) is 2.32. The van der Waals surface area contributed by atoms with Crippen LogP contribution < -0.4 is 10.6 Å². The lowest BCUT2D eigenvalue weighted by Crippen LogP contribution is -2.39. The second kappa shape index (κ2) is 6.90. The third kappa shape index (κ3) is 3.96. The SMILES string of the molecule is COCCNC(=O)C(C)Nc1c(F)cccc1F. The van der Waals surface area contributed by atoms with E-state index >= 15 is 0 Å². The fourth-order valence-corrected chi connectivity index (χ4v) is 1.35. The van der Waals surface area contributed by atoms with Crippen molar-refractivity contribution < 1.29 is 18.3 Å². The predicted octanol–water partition coefficient (Wildman–Crippen LogP) is 1.53. The molecule has 0 radical (unpaired) electrons. The van der Waals surface area contributed by atoms with Gasteiger partial charge in [-0.25, -0.2) is 8.78 Å². The molecule has 0 fully saturated rings. The van der Waals surface area contributed by atoms with Crippen molar-refractivity contribution in [2.75, 3.05) is 25.6 Å². The zero-order valence-corrected chi connectivity index (χ0v) is 10.3. The topological polar surface area (TPSA) is 50.4 Å². The highest BCUT2D eigenvalue weighted by Gasteiger charge is 2.16. The minimum Gasteiger partial charge on any atom is -0.383 e. The number of carbonyl (C=O) groups excluding carboxylic acids is 1. The molecule has 0 aromatic heterocycles. The molecule has 2 N–H and O–H groups in total. The quantitative estimate of drug-likeness (QED) is 0.761. The zero-order valence-electron chi connectivity index (χ0n) is 10.3. The first-order valence-electron chi connectivity index (χ1n) is 5.53. The number of ether oxygens (including phenoxy) is 1. The van der Waals surface area contributed by atoms with Crippen molar-refractivity contribution in [2.45, 2.75) is 13.0 Å². The Morgan fingerprint density at radius 1 is 1.39 bits per heavy atom. The van der Waals surface area contributed by atoms with Gasteiger partial charge in [0.2, 0.25) is 5.91 Å². The number of methoxy groups -OCH3 is 1. The fraction of sp³-hybridized carbons (Fsp3) is 0.417. The highest BCUT2D eigenvalue weighted by atomic mass is 19.1. The summed E-state index contributed by atoms with van der Waals surface area (Å²) >= 11 is 0. The van der Waals surface area contributed by atoms with E-state index in [9.17, 15) is 13.6 Å². The Balaban J connectivity index is 2.58.